The van der Waals surface area contributed by atoms with Crippen molar-refractivity contribution in [2.24, 2.45) is 0 Å². The number of fused-ring (bicyclic) bond motifs is 2. The molecule has 1 unspecified atom stereocenters. The van der Waals surface area contributed by atoms with Gasteiger partial charge in [-0.15, -0.1) is 0 Å². The summed E-state index contributed by atoms with van der Waals surface area (Å²) in [4.78, 5) is 31.6. The van der Waals surface area contributed by atoms with Crippen LogP contribution in [0.3, 0.4) is 0 Å². The lowest BCUT2D eigenvalue weighted by molar-refractivity contribution is -0.132. The van der Waals surface area contributed by atoms with Gasteiger partial charge in [0, 0.05) is 43.1 Å². The molecule has 0 saturated carbocycles. The molecule has 2 saturated heterocycles. The van der Waals surface area contributed by atoms with Crippen LogP contribution in [0, 0.1) is 0 Å². The molecular weight excluding hydrogens is 506 g/mol. The Hall–Kier alpha value is -4.24. The van der Waals surface area contributed by atoms with Crippen LogP contribution in [0.1, 0.15) is 40.5 Å². The van der Waals surface area contributed by atoms with Crippen molar-refractivity contribution in [3.05, 3.63) is 77.4 Å². The third-order valence-electron chi connectivity index (χ3n) is 8.22. The summed E-state index contributed by atoms with van der Waals surface area (Å²) in [6.07, 6.45) is 2.04. The van der Waals surface area contributed by atoms with Crippen molar-refractivity contribution in [2.45, 2.75) is 25.6 Å². The molecule has 206 valence electrons. The van der Waals surface area contributed by atoms with Crippen LogP contribution in [0.4, 0.5) is 22.7 Å². The summed E-state index contributed by atoms with van der Waals surface area (Å²) in [5.41, 5.74) is 6.84. The van der Waals surface area contributed by atoms with Gasteiger partial charge in [0.15, 0.2) is 6.61 Å². The molecule has 40 heavy (non-hydrogen) atoms. The maximum atomic E-state index is 13.3. The second kappa shape index (κ2) is 10.4. The van der Waals surface area contributed by atoms with E-state index in [4.69, 9.17) is 9.47 Å². The summed E-state index contributed by atoms with van der Waals surface area (Å²) in [5, 5.41) is 7.06. The van der Waals surface area contributed by atoms with E-state index in [0.717, 1.165) is 91.7 Å². The number of carbonyl (C=O) groups excluding carboxylic acids is 2. The van der Waals surface area contributed by atoms with Gasteiger partial charge in [-0.05, 0) is 72.5 Å². The normalized spacial score (nSPS) is 19.8. The number of hydrogen-bond donors (Lipinski definition) is 2. The fourth-order valence-electron chi connectivity index (χ4n) is 5.95. The topological polar surface area (TPSA) is 86.4 Å². The van der Waals surface area contributed by atoms with Crippen LogP contribution in [0.25, 0.3) is 0 Å². The summed E-state index contributed by atoms with van der Waals surface area (Å²) in [5.74, 6) is 0.756. The summed E-state index contributed by atoms with van der Waals surface area (Å²) in [6.45, 7) is 5.50. The molecule has 0 aromatic heterocycles. The third-order valence-corrected chi connectivity index (χ3v) is 8.22. The molecule has 2 N–H and O–H groups in total. The molecule has 4 aliphatic rings. The second-order valence-electron chi connectivity index (χ2n) is 10.7. The molecule has 0 aliphatic carbocycles. The number of ether oxygens (including phenoxy) is 2. The van der Waals surface area contributed by atoms with Gasteiger partial charge in [0.25, 0.3) is 11.8 Å². The second-order valence-corrected chi connectivity index (χ2v) is 10.7. The molecule has 0 radical (unpaired) electrons. The highest BCUT2D eigenvalue weighted by molar-refractivity contribution is 6.10. The number of nitrogens with one attached hydrogen (secondary N) is 2. The minimum Gasteiger partial charge on any atom is -0.484 e. The average Bonchev–Trinajstić information content (AvgIpc) is 3.75. The quantitative estimate of drug-likeness (QED) is 0.485. The van der Waals surface area contributed by atoms with Gasteiger partial charge in [0.1, 0.15) is 11.9 Å². The zero-order chi connectivity index (χ0) is 27.1. The molecular formula is C31H33N5O4. The molecule has 2 amide bonds. The van der Waals surface area contributed by atoms with Crippen LogP contribution in [0.5, 0.6) is 5.75 Å². The summed E-state index contributed by atoms with van der Waals surface area (Å²) < 4.78 is 11.2. The number of amides is 2. The van der Waals surface area contributed by atoms with Gasteiger partial charge >= 0.3 is 0 Å². The zero-order valence-electron chi connectivity index (χ0n) is 22.4. The van der Waals surface area contributed by atoms with Crippen LogP contribution >= 0.6 is 0 Å². The van der Waals surface area contributed by atoms with Crippen molar-refractivity contribution in [1.29, 1.82) is 0 Å². The van der Waals surface area contributed by atoms with E-state index in [0.29, 0.717) is 12.3 Å². The Balaban J connectivity index is 0.999. The molecule has 4 aliphatic heterocycles. The van der Waals surface area contributed by atoms with E-state index in [1.165, 1.54) is 0 Å². The number of nitrogens with zero attached hydrogens (tertiary/aromatic N) is 3. The number of anilines is 4. The van der Waals surface area contributed by atoms with Crippen LogP contribution in [-0.2, 0) is 16.1 Å². The van der Waals surface area contributed by atoms with Gasteiger partial charge in [0.05, 0.1) is 31.1 Å². The van der Waals surface area contributed by atoms with Gasteiger partial charge < -0.3 is 34.8 Å². The smallest absolute Gasteiger partial charge is 0.260 e. The third kappa shape index (κ3) is 4.70. The Kier molecular flexibility index (Phi) is 6.43. The van der Waals surface area contributed by atoms with Crippen molar-refractivity contribution < 1.29 is 19.1 Å². The summed E-state index contributed by atoms with van der Waals surface area (Å²) in [6, 6.07) is 20.0. The molecule has 9 heteroatoms. The number of hydrogen-bond acceptors (Lipinski definition) is 7. The number of morpholine rings is 1. The van der Waals surface area contributed by atoms with Crippen molar-refractivity contribution in [3.63, 3.8) is 0 Å². The first kappa shape index (κ1) is 24.8. The lowest BCUT2D eigenvalue weighted by Crippen LogP contribution is -2.36. The maximum Gasteiger partial charge on any atom is 0.260 e. The number of benzene rings is 3. The number of likely N-dealkylation sites (tertiary alicyclic amines) is 1. The highest BCUT2D eigenvalue weighted by atomic mass is 16.5. The molecule has 1 atom stereocenters. The predicted molar refractivity (Wildman–Crippen MR) is 154 cm³/mol. The lowest BCUT2D eigenvalue weighted by atomic mass is 10.1. The fourth-order valence-corrected chi connectivity index (χ4v) is 5.95. The molecule has 2 fully saturated rings. The van der Waals surface area contributed by atoms with Crippen molar-refractivity contribution in [1.82, 2.24) is 4.90 Å². The minimum absolute atomic E-state index is 0.0322. The Morgan fingerprint density at radius 2 is 1.62 bits per heavy atom. The van der Waals surface area contributed by atoms with E-state index in [1.807, 2.05) is 64.4 Å². The first-order valence-corrected chi connectivity index (χ1v) is 14.1. The molecule has 3 aromatic rings. The van der Waals surface area contributed by atoms with Crippen molar-refractivity contribution in [3.8, 4) is 5.75 Å². The molecule has 0 bridgehead atoms. The Labute approximate surface area is 233 Å². The van der Waals surface area contributed by atoms with Gasteiger partial charge in [-0.25, -0.2) is 0 Å². The van der Waals surface area contributed by atoms with E-state index in [-0.39, 0.29) is 24.6 Å². The highest BCUT2D eigenvalue weighted by Crippen LogP contribution is 2.40. The lowest BCUT2D eigenvalue weighted by Gasteiger charge is -2.29. The van der Waals surface area contributed by atoms with Gasteiger partial charge in [0.2, 0.25) is 0 Å². The van der Waals surface area contributed by atoms with Crippen LogP contribution in [0.15, 0.2) is 60.7 Å². The highest BCUT2D eigenvalue weighted by Gasteiger charge is 2.31. The van der Waals surface area contributed by atoms with Crippen molar-refractivity contribution in [2.75, 3.05) is 66.4 Å². The summed E-state index contributed by atoms with van der Waals surface area (Å²) >= 11 is 0. The van der Waals surface area contributed by atoms with E-state index in [2.05, 4.69) is 21.6 Å². The Morgan fingerprint density at radius 3 is 2.42 bits per heavy atom. The van der Waals surface area contributed by atoms with Crippen LogP contribution in [-0.4, -0.2) is 62.7 Å². The maximum absolute atomic E-state index is 13.3. The van der Waals surface area contributed by atoms with E-state index < -0.39 is 0 Å². The molecule has 4 heterocycles. The largest absolute Gasteiger partial charge is 0.484 e. The first-order chi connectivity index (χ1) is 19.6. The van der Waals surface area contributed by atoms with E-state index in [1.54, 1.807) is 0 Å². The molecule has 9 nitrogen and oxygen atoms in total. The fraction of sp³-hybridized carbons (Fsp3) is 0.355. The average molecular weight is 540 g/mol. The zero-order valence-corrected chi connectivity index (χ0v) is 22.4. The number of carbonyl (C=O) groups is 2. The van der Waals surface area contributed by atoms with Crippen LogP contribution in [0.2, 0.25) is 0 Å². The first-order valence-electron chi connectivity index (χ1n) is 14.1. The van der Waals surface area contributed by atoms with Gasteiger partial charge in [-0.2, -0.15) is 0 Å². The monoisotopic (exact) mass is 539 g/mol. The summed E-state index contributed by atoms with van der Waals surface area (Å²) in [7, 11) is 0. The Bertz CT molecular complexity index is 1430. The molecule has 0 spiro atoms. The van der Waals surface area contributed by atoms with Gasteiger partial charge in [-0.1, -0.05) is 12.1 Å². The van der Waals surface area contributed by atoms with Crippen LogP contribution < -0.4 is 25.2 Å². The van der Waals surface area contributed by atoms with Gasteiger partial charge in [-0.3, -0.25) is 9.59 Å². The Morgan fingerprint density at radius 1 is 0.875 bits per heavy atom. The predicted octanol–water partition coefficient (Wildman–Crippen LogP) is 4.22. The standard InChI is InChI=1S/C31H33N5O4/c37-29(35-11-1-2-12-35)20-40-25-7-3-21(4-8-25)30-32-27-10-6-24(18-28(27)33-30)36-19-22-17-23(5-9-26(22)31(36)38)34-13-15-39-16-14-34/h3-10,17-18,30,32-33H,1-2,11-16,19-20H2. The minimum atomic E-state index is -0.104. The van der Waals surface area contributed by atoms with E-state index in [9.17, 15) is 9.59 Å². The molecule has 3 aromatic carbocycles. The van der Waals surface area contributed by atoms with Crippen molar-refractivity contribution >= 4 is 34.6 Å². The SMILES string of the molecule is O=C(COc1ccc(C2Nc3ccc(N4Cc5cc(N6CCOCC6)ccc5C4=O)cc3N2)cc1)N1CCCC1. The number of rotatable bonds is 6. The van der Waals surface area contributed by atoms with E-state index >= 15 is 0 Å². The molecule has 7 rings (SSSR count).